The van der Waals surface area contributed by atoms with E-state index >= 15 is 0 Å². The Morgan fingerprint density at radius 2 is 1.20 bits per heavy atom. The summed E-state index contributed by atoms with van der Waals surface area (Å²) < 4.78 is 50.6. The number of carbonyl (C=O) groups is 5. The largest absolute Gasteiger partial charge is 0.471 e. The normalized spacial score (nSPS) is 40.5. The van der Waals surface area contributed by atoms with Crippen molar-refractivity contribution in [3.05, 3.63) is 49.0 Å². The summed E-state index contributed by atoms with van der Waals surface area (Å²) in [6.07, 6.45) is -14.8. The van der Waals surface area contributed by atoms with Crippen LogP contribution in [0.25, 0.3) is 0 Å². The van der Waals surface area contributed by atoms with E-state index in [0.717, 1.165) is 19.6 Å². The van der Waals surface area contributed by atoms with Gasteiger partial charge in [0.2, 0.25) is 12.6 Å². The summed E-state index contributed by atoms with van der Waals surface area (Å²) in [6.45, 7) is 6.66. The summed E-state index contributed by atoms with van der Waals surface area (Å²) in [5.41, 5.74) is -0.254. The van der Waals surface area contributed by atoms with Crippen LogP contribution in [0.5, 0.6) is 0 Å². The lowest BCUT2D eigenvalue weighted by Gasteiger charge is -2.43. The first-order valence-corrected chi connectivity index (χ1v) is 21.4. The van der Waals surface area contributed by atoms with Crippen molar-refractivity contribution >= 4 is 30.5 Å². The van der Waals surface area contributed by atoms with Gasteiger partial charge in [-0.3, -0.25) is 4.79 Å². The molecule has 1 saturated carbocycles. The van der Waals surface area contributed by atoms with Crippen molar-refractivity contribution in [2.75, 3.05) is 33.5 Å². The summed E-state index contributed by atoms with van der Waals surface area (Å²) in [6, 6.07) is 0. The smallest absolute Gasteiger partial charge is 0.337 e. The van der Waals surface area contributed by atoms with Gasteiger partial charge in [0, 0.05) is 42.4 Å². The van der Waals surface area contributed by atoms with Crippen LogP contribution in [0.4, 0.5) is 0 Å². The molecule has 21 unspecified atom stereocenters. The van der Waals surface area contributed by atoms with E-state index in [9.17, 15) is 69.9 Å². The minimum Gasteiger partial charge on any atom is -0.471 e. The Labute approximate surface area is 378 Å². The third-order valence-electron chi connectivity index (χ3n) is 13.2. The topological polar surface area (TPSA) is 350 Å². The Hall–Kier alpha value is -4.21. The maximum atomic E-state index is 14.0. The molecule has 5 aliphatic rings. The zero-order chi connectivity index (χ0) is 48.6. The zero-order valence-corrected chi connectivity index (χ0v) is 36.2. The lowest BCUT2D eigenvalue weighted by Crippen LogP contribution is -2.60. The van der Waals surface area contributed by atoms with Crippen LogP contribution in [-0.4, -0.2) is 190 Å². The molecule has 5 rings (SSSR count). The van der Waals surface area contributed by atoms with Crippen molar-refractivity contribution in [2.24, 2.45) is 47.3 Å². The standard InChI is InChI=1S/C43H60O23/c1-5-19-21(7-9-44)26(16-60-40(19)65-42-35(53)33(51)31(49)29(13-47)63-42)38(56)59-15-25-18(3)28(11-23(25)24(12-46)37(55)58-4)62-39(57)27-17-61-41(20(6-2)22(27)8-10-45)66-43-36(54)34(52)32(50)30(14-48)64-43/h5-6,9-10,16-25,28-36,40-43,46-54H,1-2,7-8,11-15H2,3-4H3. The Bertz CT molecular complexity index is 1770. The Balaban J connectivity index is 1.32. The molecule has 2 saturated heterocycles. The quantitative estimate of drug-likeness (QED) is 0.0249. The van der Waals surface area contributed by atoms with Gasteiger partial charge in [-0.15, -0.1) is 13.2 Å². The SMILES string of the molecule is C=CC1C(OC2OC(CO)C(O)C(O)C2O)OC=C(C(=O)OCC2C(C)C(OC(=O)C3=COC(OC4OC(CO)C(O)C(O)C4O)C(C=C)C3CC=O)CC2C(CO)C(=O)OC)C1CC=O. The van der Waals surface area contributed by atoms with E-state index in [1.54, 1.807) is 6.92 Å². The highest BCUT2D eigenvalue weighted by molar-refractivity contribution is 5.90. The molecule has 0 aromatic rings. The van der Waals surface area contributed by atoms with Crippen LogP contribution in [0.2, 0.25) is 0 Å². The number of aliphatic hydroxyl groups is 9. The van der Waals surface area contributed by atoms with Gasteiger partial charge in [-0.05, 0) is 18.3 Å². The van der Waals surface area contributed by atoms with E-state index in [-0.39, 0.29) is 30.4 Å². The molecule has 4 aliphatic heterocycles. The highest BCUT2D eigenvalue weighted by atomic mass is 16.8. The fourth-order valence-electron chi connectivity index (χ4n) is 9.24. The summed E-state index contributed by atoms with van der Waals surface area (Å²) in [5, 5.41) is 91.4. The van der Waals surface area contributed by atoms with Crippen molar-refractivity contribution in [3.8, 4) is 0 Å². The van der Waals surface area contributed by atoms with Crippen LogP contribution in [0.1, 0.15) is 26.2 Å². The second kappa shape index (κ2) is 23.7. The molecule has 1 aliphatic carbocycles. The van der Waals surface area contributed by atoms with Crippen LogP contribution < -0.4 is 0 Å². The monoisotopic (exact) mass is 944 g/mol. The number of ether oxygens (including phenoxy) is 9. The fourth-order valence-corrected chi connectivity index (χ4v) is 9.24. The highest BCUT2D eigenvalue weighted by Crippen LogP contribution is 2.45. The fraction of sp³-hybridized carbons (Fsp3) is 0.698. The molecule has 9 N–H and O–H groups in total. The van der Waals surface area contributed by atoms with Crippen molar-refractivity contribution in [3.63, 3.8) is 0 Å². The summed E-state index contributed by atoms with van der Waals surface area (Å²) in [4.78, 5) is 64.6. The Morgan fingerprint density at radius 3 is 1.61 bits per heavy atom. The van der Waals surface area contributed by atoms with Crippen LogP contribution in [0.3, 0.4) is 0 Å². The number of methoxy groups -OCH3 is 1. The van der Waals surface area contributed by atoms with E-state index < -0.39 is 172 Å². The van der Waals surface area contributed by atoms with E-state index in [4.69, 9.17) is 42.6 Å². The molecule has 66 heavy (non-hydrogen) atoms. The third-order valence-corrected chi connectivity index (χ3v) is 13.2. The van der Waals surface area contributed by atoms with Gasteiger partial charge in [0.15, 0.2) is 12.6 Å². The van der Waals surface area contributed by atoms with E-state index in [0.29, 0.717) is 12.6 Å². The summed E-state index contributed by atoms with van der Waals surface area (Å²) in [5.74, 6) is -9.99. The second-order valence-electron chi connectivity index (χ2n) is 16.7. The lowest BCUT2D eigenvalue weighted by atomic mass is 9.81. The van der Waals surface area contributed by atoms with E-state index in [1.807, 2.05) is 0 Å². The predicted octanol–water partition coefficient (Wildman–Crippen LogP) is -3.38. The molecule has 370 valence electrons. The number of rotatable bonds is 20. The van der Waals surface area contributed by atoms with E-state index in [2.05, 4.69) is 13.2 Å². The number of esters is 3. The second-order valence-corrected chi connectivity index (χ2v) is 16.7. The van der Waals surface area contributed by atoms with E-state index in [1.165, 1.54) is 12.2 Å². The van der Waals surface area contributed by atoms with Crippen LogP contribution in [0, 0.1) is 47.3 Å². The molecule has 0 aromatic carbocycles. The third kappa shape index (κ3) is 11.0. The molecule has 0 bridgehead atoms. The molecule has 0 amide bonds. The number of carbonyl (C=O) groups excluding carboxylic acids is 5. The molecular formula is C43H60O23. The number of hydrogen-bond donors (Lipinski definition) is 9. The molecular weight excluding hydrogens is 884 g/mol. The first-order valence-electron chi connectivity index (χ1n) is 21.4. The van der Waals surface area contributed by atoms with Crippen molar-refractivity contribution in [1.29, 1.82) is 0 Å². The van der Waals surface area contributed by atoms with Gasteiger partial charge in [-0.2, -0.15) is 0 Å². The minimum absolute atomic E-state index is 0.0370. The predicted molar refractivity (Wildman–Crippen MR) is 216 cm³/mol. The first-order chi connectivity index (χ1) is 31.5. The summed E-state index contributed by atoms with van der Waals surface area (Å²) in [7, 11) is 1.12. The maximum absolute atomic E-state index is 14.0. The molecule has 4 heterocycles. The van der Waals surface area contributed by atoms with Crippen molar-refractivity contribution < 1.29 is 113 Å². The van der Waals surface area contributed by atoms with Crippen molar-refractivity contribution in [2.45, 2.75) is 106 Å². The van der Waals surface area contributed by atoms with Gasteiger partial charge in [0.25, 0.3) is 0 Å². The first kappa shape index (κ1) is 52.8. The van der Waals surface area contributed by atoms with Gasteiger partial charge in [-0.25, -0.2) is 9.59 Å². The van der Waals surface area contributed by atoms with Crippen LogP contribution in [-0.2, 0) is 66.6 Å². The van der Waals surface area contributed by atoms with Gasteiger partial charge >= 0.3 is 17.9 Å². The van der Waals surface area contributed by atoms with Gasteiger partial charge in [-0.1, -0.05) is 19.1 Å². The molecule has 0 aromatic heterocycles. The van der Waals surface area contributed by atoms with Crippen LogP contribution in [0.15, 0.2) is 49.0 Å². The zero-order valence-electron chi connectivity index (χ0n) is 36.2. The Kier molecular flexibility index (Phi) is 18.9. The average Bonchev–Trinajstić information content (AvgIpc) is 3.61. The molecule has 21 atom stereocenters. The van der Waals surface area contributed by atoms with Gasteiger partial charge < -0.3 is 98.2 Å². The van der Waals surface area contributed by atoms with Crippen LogP contribution >= 0.6 is 0 Å². The summed E-state index contributed by atoms with van der Waals surface area (Å²) >= 11 is 0. The maximum Gasteiger partial charge on any atom is 0.337 e. The highest BCUT2D eigenvalue weighted by Gasteiger charge is 2.52. The molecule has 0 spiro atoms. The van der Waals surface area contributed by atoms with Crippen molar-refractivity contribution in [1.82, 2.24) is 0 Å². The molecule has 23 nitrogen and oxygen atoms in total. The molecule has 23 heteroatoms. The Morgan fingerprint density at radius 1 is 0.727 bits per heavy atom. The molecule has 0 radical (unpaired) electrons. The lowest BCUT2D eigenvalue weighted by molar-refractivity contribution is -0.339. The van der Waals surface area contributed by atoms with Gasteiger partial charge in [0.1, 0.15) is 67.5 Å². The molecule has 3 fully saturated rings. The average molecular weight is 945 g/mol. The van der Waals surface area contributed by atoms with Gasteiger partial charge in [0.05, 0.1) is 63.1 Å². The number of hydrogen-bond acceptors (Lipinski definition) is 23. The number of aliphatic hydroxyl groups excluding tert-OH is 9. The minimum atomic E-state index is -1.79. The number of aldehydes is 2.